The van der Waals surface area contributed by atoms with Gasteiger partial charge in [0.1, 0.15) is 5.75 Å². The Morgan fingerprint density at radius 3 is 2.54 bits per heavy atom. The minimum Gasteiger partial charge on any atom is -0.497 e. The minimum absolute atomic E-state index is 0.0804. The summed E-state index contributed by atoms with van der Waals surface area (Å²) < 4.78 is 8.09. The molecule has 0 unspecified atom stereocenters. The van der Waals surface area contributed by atoms with E-state index in [2.05, 4.69) is 20.9 Å². The Balaban J connectivity index is 1.71. The van der Waals surface area contributed by atoms with Crippen LogP contribution in [-0.2, 0) is 0 Å². The molecule has 0 amide bonds. The van der Waals surface area contributed by atoms with E-state index in [1.807, 2.05) is 59.3 Å². The first-order chi connectivity index (χ1) is 11.7. The number of benzene rings is 2. The fourth-order valence-corrected chi connectivity index (χ4v) is 3.32. The molecule has 0 bridgehead atoms. The van der Waals surface area contributed by atoms with Crippen LogP contribution < -0.4 is 4.74 Å². The first-order valence-corrected chi connectivity index (χ1v) is 9.04. The van der Waals surface area contributed by atoms with Gasteiger partial charge in [0.25, 0.3) is 0 Å². The standard InChI is InChI=1S/C18H15BrN2O2S/c1-23-16-8-6-15(7-9-16)21-11-10-20-18(21)24-12-17(22)13-2-4-14(19)5-3-13/h2-11H,12H2,1H3. The second-order valence-corrected chi connectivity index (χ2v) is 6.85. The van der Waals surface area contributed by atoms with Gasteiger partial charge in [-0.15, -0.1) is 0 Å². The average Bonchev–Trinajstić information content (AvgIpc) is 3.09. The SMILES string of the molecule is COc1ccc(-n2ccnc2SCC(=O)c2ccc(Br)cc2)cc1. The highest BCUT2D eigenvalue weighted by Gasteiger charge is 2.11. The molecule has 0 atom stereocenters. The van der Waals surface area contributed by atoms with Gasteiger partial charge in [-0.25, -0.2) is 4.98 Å². The number of aromatic nitrogens is 2. The van der Waals surface area contributed by atoms with Crippen LogP contribution in [-0.4, -0.2) is 28.2 Å². The Morgan fingerprint density at radius 2 is 1.88 bits per heavy atom. The van der Waals surface area contributed by atoms with E-state index in [0.29, 0.717) is 11.3 Å². The van der Waals surface area contributed by atoms with Crippen LogP contribution in [0, 0.1) is 0 Å². The molecule has 6 heteroatoms. The molecule has 0 saturated carbocycles. The van der Waals surface area contributed by atoms with E-state index >= 15 is 0 Å². The number of imidazole rings is 1. The number of rotatable bonds is 6. The third-order valence-electron chi connectivity index (χ3n) is 3.46. The van der Waals surface area contributed by atoms with Crippen molar-refractivity contribution in [1.82, 2.24) is 9.55 Å². The lowest BCUT2D eigenvalue weighted by atomic mass is 10.2. The lowest BCUT2D eigenvalue weighted by molar-refractivity contribution is 0.102. The molecule has 0 radical (unpaired) electrons. The van der Waals surface area contributed by atoms with E-state index in [4.69, 9.17) is 4.74 Å². The number of carbonyl (C=O) groups excluding carboxylic acids is 1. The van der Waals surface area contributed by atoms with E-state index < -0.39 is 0 Å². The fourth-order valence-electron chi connectivity index (χ4n) is 2.19. The topological polar surface area (TPSA) is 44.1 Å². The highest BCUT2D eigenvalue weighted by Crippen LogP contribution is 2.23. The van der Waals surface area contributed by atoms with Gasteiger partial charge in [-0.1, -0.05) is 39.8 Å². The summed E-state index contributed by atoms with van der Waals surface area (Å²) in [6, 6.07) is 15.1. The van der Waals surface area contributed by atoms with Crippen LogP contribution in [0.25, 0.3) is 5.69 Å². The Kier molecular flexibility index (Phi) is 5.37. The van der Waals surface area contributed by atoms with E-state index in [1.54, 1.807) is 13.3 Å². The lowest BCUT2D eigenvalue weighted by Crippen LogP contribution is -2.04. The highest BCUT2D eigenvalue weighted by molar-refractivity contribution is 9.10. The molecule has 0 N–H and O–H groups in total. The van der Waals surface area contributed by atoms with E-state index in [9.17, 15) is 4.79 Å². The van der Waals surface area contributed by atoms with Crippen LogP contribution in [0.1, 0.15) is 10.4 Å². The van der Waals surface area contributed by atoms with Gasteiger partial charge in [0, 0.05) is 28.1 Å². The summed E-state index contributed by atoms with van der Waals surface area (Å²) in [5.74, 6) is 1.23. The van der Waals surface area contributed by atoms with Crippen LogP contribution in [0.4, 0.5) is 0 Å². The van der Waals surface area contributed by atoms with Crippen molar-refractivity contribution in [2.45, 2.75) is 5.16 Å². The summed E-state index contributed by atoms with van der Waals surface area (Å²) in [6.45, 7) is 0. The quantitative estimate of drug-likeness (QED) is 0.445. The summed E-state index contributed by atoms with van der Waals surface area (Å²) in [4.78, 5) is 16.6. The van der Waals surface area contributed by atoms with Crippen molar-refractivity contribution in [1.29, 1.82) is 0 Å². The third-order valence-corrected chi connectivity index (χ3v) is 4.95. The molecule has 0 spiro atoms. The van der Waals surface area contributed by atoms with Crippen molar-refractivity contribution < 1.29 is 9.53 Å². The molecule has 3 rings (SSSR count). The summed E-state index contributed by atoms with van der Waals surface area (Å²) in [6.07, 6.45) is 3.62. The molecule has 122 valence electrons. The zero-order valence-electron chi connectivity index (χ0n) is 13.0. The zero-order chi connectivity index (χ0) is 16.9. The first kappa shape index (κ1) is 16.8. The van der Waals surface area contributed by atoms with Crippen LogP contribution in [0.3, 0.4) is 0 Å². The Labute approximate surface area is 153 Å². The molecule has 1 aromatic heterocycles. The van der Waals surface area contributed by atoms with Crippen LogP contribution in [0.15, 0.2) is 70.6 Å². The van der Waals surface area contributed by atoms with Crippen molar-refractivity contribution >= 4 is 33.5 Å². The minimum atomic E-state index is 0.0804. The summed E-state index contributed by atoms with van der Waals surface area (Å²) >= 11 is 4.80. The van der Waals surface area contributed by atoms with E-state index in [1.165, 1.54) is 11.8 Å². The normalized spacial score (nSPS) is 10.6. The molecule has 24 heavy (non-hydrogen) atoms. The molecular formula is C18H15BrN2O2S. The monoisotopic (exact) mass is 402 g/mol. The number of thioether (sulfide) groups is 1. The van der Waals surface area contributed by atoms with Gasteiger partial charge in [0.05, 0.1) is 12.9 Å². The maximum Gasteiger partial charge on any atom is 0.173 e. The summed E-state index contributed by atoms with van der Waals surface area (Å²) in [5.41, 5.74) is 1.68. The van der Waals surface area contributed by atoms with Gasteiger partial charge in [0.2, 0.25) is 0 Å². The van der Waals surface area contributed by atoms with Gasteiger partial charge in [-0.05, 0) is 36.4 Å². The molecule has 3 aromatic rings. The number of ether oxygens (including phenoxy) is 1. The molecule has 0 aliphatic rings. The number of nitrogens with zero attached hydrogens (tertiary/aromatic N) is 2. The predicted molar refractivity (Wildman–Crippen MR) is 99.3 cm³/mol. The molecular weight excluding hydrogens is 388 g/mol. The molecule has 2 aromatic carbocycles. The Hall–Kier alpha value is -2.05. The Bertz CT molecular complexity index is 829. The molecule has 1 heterocycles. The van der Waals surface area contributed by atoms with Crippen LogP contribution in [0.2, 0.25) is 0 Å². The fraction of sp³-hybridized carbons (Fsp3) is 0.111. The van der Waals surface area contributed by atoms with Crippen molar-refractivity contribution in [2.24, 2.45) is 0 Å². The summed E-state index contributed by atoms with van der Waals surface area (Å²) in [7, 11) is 1.64. The summed E-state index contributed by atoms with van der Waals surface area (Å²) in [5, 5.41) is 0.783. The predicted octanol–water partition coefficient (Wildman–Crippen LogP) is 4.62. The van der Waals surface area contributed by atoms with Crippen LogP contribution >= 0.6 is 27.7 Å². The zero-order valence-corrected chi connectivity index (χ0v) is 15.4. The largest absolute Gasteiger partial charge is 0.497 e. The number of hydrogen-bond acceptors (Lipinski definition) is 4. The van der Waals surface area contributed by atoms with Crippen molar-refractivity contribution in [2.75, 3.05) is 12.9 Å². The molecule has 0 aliphatic carbocycles. The van der Waals surface area contributed by atoms with E-state index in [0.717, 1.165) is 21.1 Å². The lowest BCUT2D eigenvalue weighted by Gasteiger charge is -2.08. The average molecular weight is 403 g/mol. The van der Waals surface area contributed by atoms with E-state index in [-0.39, 0.29) is 5.78 Å². The number of methoxy groups -OCH3 is 1. The molecule has 0 fully saturated rings. The van der Waals surface area contributed by atoms with Gasteiger partial charge < -0.3 is 4.74 Å². The van der Waals surface area contributed by atoms with Crippen LogP contribution in [0.5, 0.6) is 5.75 Å². The van der Waals surface area contributed by atoms with Crippen molar-refractivity contribution in [3.63, 3.8) is 0 Å². The number of hydrogen-bond donors (Lipinski definition) is 0. The van der Waals surface area contributed by atoms with Gasteiger partial charge in [-0.3, -0.25) is 9.36 Å². The third kappa shape index (κ3) is 3.88. The van der Waals surface area contributed by atoms with Gasteiger partial charge in [0.15, 0.2) is 10.9 Å². The molecule has 0 aliphatic heterocycles. The smallest absolute Gasteiger partial charge is 0.173 e. The van der Waals surface area contributed by atoms with Crippen molar-refractivity contribution in [3.8, 4) is 11.4 Å². The maximum absolute atomic E-state index is 12.3. The second-order valence-electron chi connectivity index (χ2n) is 5.00. The molecule has 4 nitrogen and oxygen atoms in total. The highest BCUT2D eigenvalue weighted by atomic mass is 79.9. The number of halogens is 1. The number of ketones is 1. The van der Waals surface area contributed by atoms with Gasteiger partial charge >= 0.3 is 0 Å². The van der Waals surface area contributed by atoms with Crippen molar-refractivity contribution in [3.05, 3.63) is 71.0 Å². The van der Waals surface area contributed by atoms with Gasteiger partial charge in [-0.2, -0.15) is 0 Å². The maximum atomic E-state index is 12.3. The number of carbonyl (C=O) groups is 1. The first-order valence-electron chi connectivity index (χ1n) is 7.27. The molecule has 0 saturated heterocycles. The second kappa shape index (κ2) is 7.68. The Morgan fingerprint density at radius 1 is 1.17 bits per heavy atom. The number of Topliss-reactive ketones (excluding diaryl/α,β-unsaturated/α-hetero) is 1.